The van der Waals surface area contributed by atoms with Gasteiger partial charge >= 0.3 is 0 Å². The minimum Gasteiger partial charge on any atom is -0.245 e. The third-order valence-electron chi connectivity index (χ3n) is 12.7. The zero-order chi connectivity index (χ0) is 37.8. The van der Waals surface area contributed by atoms with Gasteiger partial charge in [0.25, 0.3) is 0 Å². The Labute approximate surface area is 328 Å². The van der Waals surface area contributed by atoms with E-state index in [4.69, 9.17) is 9.97 Å². The van der Waals surface area contributed by atoms with Gasteiger partial charge in [0.2, 0.25) is 0 Å². The lowest BCUT2D eigenvalue weighted by atomic mass is 9.79. The van der Waals surface area contributed by atoms with Gasteiger partial charge in [-0.05, 0) is 78.9 Å². The maximum absolute atomic E-state index is 5.27. The SMILES string of the molecule is CC1(C)c2ccccc2-c2cccc(-c3ccc(-c4ccc5ccc6ccc(-c7ccc(-c8cccc9c8C(C)(C)c8ccccc8-9)cc7)nc6c5n4)cc3)c21. The third-order valence-corrected chi connectivity index (χ3v) is 12.7. The summed E-state index contributed by atoms with van der Waals surface area (Å²) in [6.45, 7) is 9.40. The fraction of sp³-hybridized carbons (Fsp3) is 0.111. The molecule has 0 N–H and O–H groups in total. The van der Waals surface area contributed by atoms with E-state index in [2.05, 4.69) is 198 Å². The molecule has 9 aromatic rings. The number of fused-ring (bicyclic) bond motifs is 9. The first-order valence-electron chi connectivity index (χ1n) is 19.7. The molecule has 2 heteroatoms. The van der Waals surface area contributed by atoms with E-state index in [0.717, 1.165) is 44.3 Å². The van der Waals surface area contributed by atoms with Crippen molar-refractivity contribution in [3.63, 3.8) is 0 Å². The second-order valence-electron chi connectivity index (χ2n) is 16.6. The van der Waals surface area contributed by atoms with Crippen LogP contribution in [-0.4, -0.2) is 9.97 Å². The first-order chi connectivity index (χ1) is 27.3. The molecule has 0 unspecified atom stereocenters. The van der Waals surface area contributed by atoms with E-state index < -0.39 is 0 Å². The van der Waals surface area contributed by atoms with Crippen molar-refractivity contribution < 1.29 is 0 Å². The van der Waals surface area contributed by atoms with E-state index >= 15 is 0 Å². The number of hydrogen-bond acceptors (Lipinski definition) is 2. The predicted molar refractivity (Wildman–Crippen MR) is 234 cm³/mol. The largest absolute Gasteiger partial charge is 0.245 e. The van der Waals surface area contributed by atoms with Crippen molar-refractivity contribution in [3.8, 4) is 67.0 Å². The van der Waals surface area contributed by atoms with Crippen LogP contribution in [0.4, 0.5) is 0 Å². The molecule has 0 radical (unpaired) electrons. The summed E-state index contributed by atoms with van der Waals surface area (Å²) in [7, 11) is 0. The van der Waals surface area contributed by atoms with E-state index in [9.17, 15) is 0 Å². The number of hydrogen-bond donors (Lipinski definition) is 0. The molecule has 0 amide bonds. The Bertz CT molecular complexity index is 2850. The molecule has 0 bridgehead atoms. The maximum Gasteiger partial charge on any atom is 0.0972 e. The molecular formula is C54H40N2. The van der Waals surface area contributed by atoms with Crippen molar-refractivity contribution in [2.24, 2.45) is 0 Å². The van der Waals surface area contributed by atoms with Gasteiger partial charge in [-0.1, -0.05) is 185 Å². The lowest BCUT2D eigenvalue weighted by Gasteiger charge is -2.24. The Morgan fingerprint density at radius 2 is 0.643 bits per heavy atom. The number of benzene rings is 7. The summed E-state index contributed by atoms with van der Waals surface area (Å²) < 4.78 is 0. The second-order valence-corrected chi connectivity index (χ2v) is 16.6. The molecule has 0 spiro atoms. The molecule has 2 heterocycles. The molecule has 0 atom stereocenters. The first-order valence-corrected chi connectivity index (χ1v) is 19.7. The fourth-order valence-electron chi connectivity index (χ4n) is 9.91. The van der Waals surface area contributed by atoms with Gasteiger partial charge < -0.3 is 0 Å². The van der Waals surface area contributed by atoms with E-state index in [1.54, 1.807) is 0 Å². The molecule has 2 nitrogen and oxygen atoms in total. The van der Waals surface area contributed by atoms with Gasteiger partial charge in [-0.25, -0.2) is 9.97 Å². The minimum absolute atomic E-state index is 0.0671. The summed E-state index contributed by atoms with van der Waals surface area (Å²) in [6, 6.07) is 61.9. The summed E-state index contributed by atoms with van der Waals surface area (Å²) >= 11 is 0. The second kappa shape index (κ2) is 11.9. The molecule has 11 rings (SSSR count). The van der Waals surface area contributed by atoms with Gasteiger partial charge in [-0.3, -0.25) is 0 Å². The summed E-state index contributed by atoms with van der Waals surface area (Å²) in [5, 5.41) is 2.17. The molecule has 56 heavy (non-hydrogen) atoms. The molecule has 0 fully saturated rings. The molecule has 7 aromatic carbocycles. The summed E-state index contributed by atoms with van der Waals surface area (Å²) in [5.41, 5.74) is 21.8. The summed E-state index contributed by atoms with van der Waals surface area (Å²) in [5.74, 6) is 0. The van der Waals surface area contributed by atoms with Gasteiger partial charge in [0, 0.05) is 32.7 Å². The predicted octanol–water partition coefficient (Wildman–Crippen LogP) is 14.1. The zero-order valence-corrected chi connectivity index (χ0v) is 32.1. The van der Waals surface area contributed by atoms with Gasteiger partial charge in [-0.2, -0.15) is 0 Å². The topological polar surface area (TPSA) is 25.8 Å². The van der Waals surface area contributed by atoms with Crippen LogP contribution < -0.4 is 0 Å². The molecule has 0 saturated carbocycles. The molecule has 2 aliphatic carbocycles. The van der Waals surface area contributed by atoms with Gasteiger partial charge in [-0.15, -0.1) is 0 Å². The quantitative estimate of drug-likeness (QED) is 0.170. The van der Waals surface area contributed by atoms with Crippen LogP contribution in [0.25, 0.3) is 88.8 Å². The lowest BCUT2D eigenvalue weighted by molar-refractivity contribution is 0.662. The standard InChI is InChI=1S/C54H40N2/c1-53(2)45-17-7-5-11-41(45)43-15-9-13-39(49(43)53)33-19-23-35(24-20-33)47-31-29-37-27-28-38-30-32-48(56-52(38)51(37)55-47)36-25-21-34(22-26-36)40-14-10-16-44-42-12-6-8-18-46(42)54(3,4)50(40)44/h5-32H,1-4H3. The first kappa shape index (κ1) is 32.8. The molecular weight excluding hydrogens is 677 g/mol. The van der Waals surface area contributed by atoms with Crippen LogP contribution in [0.5, 0.6) is 0 Å². The monoisotopic (exact) mass is 716 g/mol. The van der Waals surface area contributed by atoms with E-state index in [-0.39, 0.29) is 10.8 Å². The van der Waals surface area contributed by atoms with Crippen LogP contribution >= 0.6 is 0 Å². The Morgan fingerprint density at radius 1 is 0.304 bits per heavy atom. The fourth-order valence-corrected chi connectivity index (χ4v) is 9.91. The van der Waals surface area contributed by atoms with Crippen molar-refractivity contribution in [1.29, 1.82) is 0 Å². The molecule has 2 aromatic heterocycles. The Balaban J connectivity index is 0.933. The Kier molecular flexibility index (Phi) is 6.98. The van der Waals surface area contributed by atoms with Crippen molar-refractivity contribution in [3.05, 3.63) is 192 Å². The highest BCUT2D eigenvalue weighted by atomic mass is 14.8. The van der Waals surface area contributed by atoms with Crippen LogP contribution in [0.3, 0.4) is 0 Å². The van der Waals surface area contributed by atoms with Crippen LogP contribution in [0.15, 0.2) is 170 Å². The van der Waals surface area contributed by atoms with Gasteiger partial charge in [0.1, 0.15) is 0 Å². The molecule has 266 valence electrons. The zero-order valence-electron chi connectivity index (χ0n) is 32.1. The normalized spacial score (nSPS) is 14.4. The number of nitrogens with zero attached hydrogens (tertiary/aromatic N) is 2. The maximum atomic E-state index is 5.27. The molecule has 2 aliphatic rings. The Hall–Kier alpha value is -6.64. The number of pyridine rings is 2. The highest BCUT2D eigenvalue weighted by molar-refractivity contribution is 6.04. The number of rotatable bonds is 4. The van der Waals surface area contributed by atoms with Crippen molar-refractivity contribution >= 4 is 21.8 Å². The van der Waals surface area contributed by atoms with Gasteiger partial charge in [0.05, 0.1) is 22.4 Å². The highest BCUT2D eigenvalue weighted by Crippen LogP contribution is 2.53. The van der Waals surface area contributed by atoms with Crippen LogP contribution in [-0.2, 0) is 10.8 Å². The average Bonchev–Trinajstić information content (AvgIpc) is 3.63. The average molecular weight is 717 g/mol. The van der Waals surface area contributed by atoms with Crippen LogP contribution in [0.2, 0.25) is 0 Å². The van der Waals surface area contributed by atoms with Gasteiger partial charge in [0.15, 0.2) is 0 Å². The van der Waals surface area contributed by atoms with E-state index in [1.165, 1.54) is 66.8 Å². The summed E-state index contributed by atoms with van der Waals surface area (Å²) in [4.78, 5) is 10.5. The minimum atomic E-state index is -0.0671. The number of aromatic nitrogens is 2. The molecule has 0 saturated heterocycles. The van der Waals surface area contributed by atoms with E-state index in [0.29, 0.717) is 0 Å². The third kappa shape index (κ3) is 4.75. The van der Waals surface area contributed by atoms with Crippen molar-refractivity contribution in [1.82, 2.24) is 9.97 Å². The molecule has 0 aliphatic heterocycles. The van der Waals surface area contributed by atoms with E-state index in [1.807, 2.05) is 0 Å². The van der Waals surface area contributed by atoms with Crippen LogP contribution in [0.1, 0.15) is 49.9 Å². The van der Waals surface area contributed by atoms with Crippen LogP contribution in [0, 0.1) is 0 Å². The summed E-state index contributed by atoms with van der Waals surface area (Å²) in [6.07, 6.45) is 0. The lowest BCUT2D eigenvalue weighted by Crippen LogP contribution is -2.16. The van der Waals surface area contributed by atoms with Crippen molar-refractivity contribution in [2.45, 2.75) is 38.5 Å². The smallest absolute Gasteiger partial charge is 0.0972 e. The highest BCUT2D eigenvalue weighted by Gasteiger charge is 2.38. The Morgan fingerprint density at radius 3 is 1.07 bits per heavy atom. The van der Waals surface area contributed by atoms with Crippen molar-refractivity contribution in [2.75, 3.05) is 0 Å².